The lowest BCUT2D eigenvalue weighted by atomic mass is 10.1. The summed E-state index contributed by atoms with van der Waals surface area (Å²) in [6, 6.07) is 9.05. The lowest BCUT2D eigenvalue weighted by molar-refractivity contribution is 0.102. The third kappa shape index (κ3) is 3.25. The Kier molecular flexibility index (Phi) is 4.00. The van der Waals surface area contributed by atoms with Crippen LogP contribution in [0.1, 0.15) is 22.8 Å². The standard InChI is InChI=1S/C16H13NO4/c1-2-3-10-4-6-12(7-5-10)17-16(21)11-8-13(18)15(20)14(19)9-11/h4-9,18-20H,1H3,(H,17,21). The summed E-state index contributed by atoms with van der Waals surface area (Å²) < 4.78 is 0. The first-order chi connectivity index (χ1) is 10.0. The molecule has 0 aliphatic carbocycles. The number of benzene rings is 2. The zero-order chi connectivity index (χ0) is 15.4. The molecule has 0 saturated carbocycles. The highest BCUT2D eigenvalue weighted by molar-refractivity contribution is 6.05. The number of rotatable bonds is 2. The molecule has 106 valence electrons. The van der Waals surface area contributed by atoms with Gasteiger partial charge in [0.2, 0.25) is 0 Å². The molecule has 2 aromatic rings. The van der Waals surface area contributed by atoms with Crippen LogP contribution >= 0.6 is 0 Å². The molecule has 0 unspecified atom stereocenters. The van der Waals surface area contributed by atoms with Gasteiger partial charge in [0.05, 0.1) is 0 Å². The van der Waals surface area contributed by atoms with Crippen molar-refractivity contribution in [1.82, 2.24) is 0 Å². The molecule has 4 N–H and O–H groups in total. The minimum absolute atomic E-state index is 0.0280. The van der Waals surface area contributed by atoms with Gasteiger partial charge in [-0.1, -0.05) is 5.92 Å². The van der Waals surface area contributed by atoms with Gasteiger partial charge >= 0.3 is 0 Å². The summed E-state index contributed by atoms with van der Waals surface area (Å²) in [5.74, 6) is 3.36. The van der Waals surface area contributed by atoms with Crippen molar-refractivity contribution in [2.24, 2.45) is 0 Å². The molecule has 1 amide bonds. The molecular weight excluding hydrogens is 270 g/mol. The van der Waals surface area contributed by atoms with Crippen molar-refractivity contribution in [1.29, 1.82) is 0 Å². The molecule has 0 aliphatic rings. The number of phenols is 3. The Morgan fingerprint density at radius 2 is 1.62 bits per heavy atom. The number of carbonyl (C=O) groups excluding carboxylic acids is 1. The van der Waals surface area contributed by atoms with Crippen LogP contribution in [0.4, 0.5) is 5.69 Å². The normalized spacial score (nSPS) is 9.57. The van der Waals surface area contributed by atoms with E-state index in [9.17, 15) is 20.1 Å². The van der Waals surface area contributed by atoms with Crippen LogP contribution in [0.5, 0.6) is 17.2 Å². The molecule has 21 heavy (non-hydrogen) atoms. The number of hydrogen-bond donors (Lipinski definition) is 4. The van der Waals surface area contributed by atoms with Gasteiger partial charge in [0.25, 0.3) is 5.91 Å². The van der Waals surface area contributed by atoms with E-state index < -0.39 is 23.2 Å². The number of hydrogen-bond acceptors (Lipinski definition) is 4. The fourth-order valence-corrected chi connectivity index (χ4v) is 1.72. The van der Waals surface area contributed by atoms with Crippen LogP contribution < -0.4 is 5.32 Å². The lowest BCUT2D eigenvalue weighted by Gasteiger charge is -2.07. The van der Waals surface area contributed by atoms with E-state index in [1.165, 1.54) is 0 Å². The molecule has 0 aromatic heterocycles. The van der Waals surface area contributed by atoms with Gasteiger partial charge in [0, 0.05) is 16.8 Å². The zero-order valence-electron chi connectivity index (χ0n) is 11.2. The largest absolute Gasteiger partial charge is 0.504 e. The zero-order valence-corrected chi connectivity index (χ0v) is 11.2. The van der Waals surface area contributed by atoms with Crippen LogP contribution in [0.25, 0.3) is 0 Å². The Morgan fingerprint density at radius 3 is 2.14 bits per heavy atom. The molecule has 5 nitrogen and oxygen atoms in total. The van der Waals surface area contributed by atoms with Gasteiger partial charge in [-0.25, -0.2) is 0 Å². The predicted octanol–water partition coefficient (Wildman–Crippen LogP) is 2.43. The van der Waals surface area contributed by atoms with Gasteiger partial charge in [-0.3, -0.25) is 4.79 Å². The summed E-state index contributed by atoms with van der Waals surface area (Å²) in [6.45, 7) is 1.74. The molecule has 5 heteroatoms. The highest BCUT2D eigenvalue weighted by Crippen LogP contribution is 2.35. The second-order valence-corrected chi connectivity index (χ2v) is 4.27. The molecule has 0 bridgehead atoms. The summed E-state index contributed by atoms with van der Waals surface area (Å²) in [4.78, 5) is 12.0. The predicted molar refractivity (Wildman–Crippen MR) is 78.4 cm³/mol. The summed E-state index contributed by atoms with van der Waals surface area (Å²) in [7, 11) is 0. The van der Waals surface area contributed by atoms with Gasteiger partial charge < -0.3 is 20.6 Å². The first-order valence-corrected chi connectivity index (χ1v) is 6.10. The van der Waals surface area contributed by atoms with Crippen molar-refractivity contribution < 1.29 is 20.1 Å². The summed E-state index contributed by atoms with van der Waals surface area (Å²) >= 11 is 0. The minimum atomic E-state index is -0.658. The van der Waals surface area contributed by atoms with E-state index in [1.54, 1.807) is 31.2 Å². The maximum Gasteiger partial charge on any atom is 0.255 e. The van der Waals surface area contributed by atoms with Crippen molar-refractivity contribution in [3.63, 3.8) is 0 Å². The molecule has 0 radical (unpaired) electrons. The van der Waals surface area contributed by atoms with E-state index in [2.05, 4.69) is 17.2 Å². The lowest BCUT2D eigenvalue weighted by Crippen LogP contribution is -2.11. The number of nitrogens with one attached hydrogen (secondary N) is 1. The van der Waals surface area contributed by atoms with Crippen molar-refractivity contribution >= 4 is 11.6 Å². The maximum atomic E-state index is 12.0. The molecule has 0 atom stereocenters. The summed E-state index contributed by atoms with van der Waals surface area (Å²) in [5, 5.41) is 30.6. The van der Waals surface area contributed by atoms with E-state index in [4.69, 9.17) is 0 Å². The first-order valence-electron chi connectivity index (χ1n) is 6.10. The van der Waals surface area contributed by atoms with Gasteiger partial charge in [-0.2, -0.15) is 0 Å². The van der Waals surface area contributed by atoms with Crippen molar-refractivity contribution in [3.8, 4) is 29.1 Å². The molecule has 2 rings (SSSR count). The second kappa shape index (κ2) is 5.88. The van der Waals surface area contributed by atoms with E-state index in [0.717, 1.165) is 17.7 Å². The number of carbonyl (C=O) groups is 1. The molecule has 2 aromatic carbocycles. The maximum absolute atomic E-state index is 12.0. The van der Waals surface area contributed by atoms with Crippen LogP contribution in [-0.4, -0.2) is 21.2 Å². The van der Waals surface area contributed by atoms with Crippen molar-refractivity contribution in [3.05, 3.63) is 47.5 Å². The van der Waals surface area contributed by atoms with E-state index in [-0.39, 0.29) is 5.56 Å². The number of anilines is 1. The average molecular weight is 283 g/mol. The van der Waals surface area contributed by atoms with Crippen molar-refractivity contribution in [2.45, 2.75) is 6.92 Å². The number of amides is 1. The van der Waals surface area contributed by atoms with Gasteiger partial charge in [-0.15, -0.1) is 5.92 Å². The monoisotopic (exact) mass is 283 g/mol. The van der Waals surface area contributed by atoms with Gasteiger partial charge in [0.15, 0.2) is 17.2 Å². The Morgan fingerprint density at radius 1 is 1.05 bits per heavy atom. The van der Waals surface area contributed by atoms with Crippen LogP contribution in [0.15, 0.2) is 36.4 Å². The van der Waals surface area contributed by atoms with Crippen LogP contribution in [0.3, 0.4) is 0 Å². The quantitative estimate of drug-likeness (QED) is 0.503. The Balaban J connectivity index is 2.19. The molecule has 0 fully saturated rings. The molecule has 0 aliphatic heterocycles. The first kappa shape index (κ1) is 14.3. The third-order valence-electron chi connectivity index (χ3n) is 2.74. The van der Waals surface area contributed by atoms with Gasteiger partial charge in [-0.05, 0) is 43.3 Å². The molecule has 0 spiro atoms. The van der Waals surface area contributed by atoms with Crippen molar-refractivity contribution in [2.75, 3.05) is 5.32 Å². The van der Waals surface area contributed by atoms with Gasteiger partial charge in [0.1, 0.15) is 0 Å². The van der Waals surface area contributed by atoms with E-state index in [0.29, 0.717) is 5.69 Å². The minimum Gasteiger partial charge on any atom is -0.504 e. The topological polar surface area (TPSA) is 89.8 Å². The second-order valence-electron chi connectivity index (χ2n) is 4.27. The SMILES string of the molecule is CC#Cc1ccc(NC(=O)c2cc(O)c(O)c(O)c2)cc1. The highest BCUT2D eigenvalue weighted by atomic mass is 16.3. The Hall–Kier alpha value is -3.13. The molecule has 0 heterocycles. The third-order valence-corrected chi connectivity index (χ3v) is 2.74. The summed E-state index contributed by atoms with van der Waals surface area (Å²) in [6.07, 6.45) is 0. The average Bonchev–Trinajstić information content (AvgIpc) is 2.46. The van der Waals surface area contributed by atoms with Crippen LogP contribution in [0.2, 0.25) is 0 Å². The highest BCUT2D eigenvalue weighted by Gasteiger charge is 2.13. The fourth-order valence-electron chi connectivity index (χ4n) is 1.72. The summed E-state index contributed by atoms with van der Waals surface area (Å²) in [5.41, 5.74) is 1.41. The number of phenolic OH excluding ortho intramolecular Hbond substituents is 3. The van der Waals surface area contributed by atoms with E-state index in [1.807, 2.05) is 0 Å². The smallest absolute Gasteiger partial charge is 0.255 e. The van der Waals surface area contributed by atoms with Crippen LogP contribution in [-0.2, 0) is 0 Å². The number of aromatic hydroxyl groups is 3. The Labute approximate surface area is 121 Å². The fraction of sp³-hybridized carbons (Fsp3) is 0.0625. The molecule has 0 saturated heterocycles. The van der Waals surface area contributed by atoms with E-state index >= 15 is 0 Å². The molecular formula is C16H13NO4. The van der Waals surface area contributed by atoms with Crippen LogP contribution in [0, 0.1) is 11.8 Å². The Bertz CT molecular complexity index is 716.